The third-order valence-corrected chi connectivity index (χ3v) is 1.71. The highest BCUT2D eigenvalue weighted by atomic mass is 79.9. The minimum absolute atomic E-state index is 0.229. The van der Waals surface area contributed by atoms with Crippen LogP contribution >= 0.6 is 27.5 Å². The molecule has 5 heteroatoms. The molecule has 10 heavy (non-hydrogen) atoms. The van der Waals surface area contributed by atoms with E-state index >= 15 is 0 Å². The number of rotatable bonds is 0. The van der Waals surface area contributed by atoms with Crippen molar-refractivity contribution in [2.75, 3.05) is 11.5 Å². The fraction of sp³-hybridized carbons (Fsp3) is 0. The van der Waals surface area contributed by atoms with Crippen LogP contribution in [-0.2, 0) is 0 Å². The summed E-state index contributed by atoms with van der Waals surface area (Å²) >= 11 is 8.69. The molecular weight excluding hydrogens is 217 g/mol. The Morgan fingerprint density at radius 2 is 2.10 bits per heavy atom. The van der Waals surface area contributed by atoms with E-state index in [1.807, 2.05) is 0 Å². The zero-order chi connectivity index (χ0) is 7.72. The van der Waals surface area contributed by atoms with Gasteiger partial charge in [0.25, 0.3) is 0 Å². The molecule has 0 saturated heterocycles. The maximum atomic E-state index is 5.57. The Kier molecular flexibility index (Phi) is 2.01. The maximum Gasteiger partial charge on any atom is 0.155 e. The number of aromatic nitrogens is 1. The van der Waals surface area contributed by atoms with Crippen molar-refractivity contribution in [3.63, 3.8) is 0 Å². The highest BCUT2D eigenvalue weighted by Gasteiger charge is 2.02. The second-order valence-corrected chi connectivity index (χ2v) is 2.91. The third-order valence-electron chi connectivity index (χ3n) is 1.01. The van der Waals surface area contributed by atoms with E-state index in [1.165, 1.54) is 0 Å². The van der Waals surface area contributed by atoms with Crippen LogP contribution in [0.3, 0.4) is 0 Å². The average Bonchev–Trinajstić information content (AvgIpc) is 1.82. The van der Waals surface area contributed by atoms with E-state index in [4.69, 9.17) is 23.1 Å². The van der Waals surface area contributed by atoms with Crippen LogP contribution in [0.1, 0.15) is 0 Å². The van der Waals surface area contributed by atoms with Crippen LogP contribution < -0.4 is 11.5 Å². The van der Waals surface area contributed by atoms with Gasteiger partial charge in [-0.05, 0) is 22.0 Å². The van der Waals surface area contributed by atoms with Crippen LogP contribution in [0.2, 0.25) is 5.15 Å². The Hall–Kier alpha value is -0.480. The molecule has 0 atom stereocenters. The Bertz CT molecular complexity index is 240. The molecule has 54 valence electrons. The van der Waals surface area contributed by atoms with Crippen LogP contribution in [-0.4, -0.2) is 4.98 Å². The first kappa shape index (κ1) is 7.63. The van der Waals surface area contributed by atoms with Gasteiger partial charge in [0.15, 0.2) is 5.15 Å². The molecule has 0 aliphatic heterocycles. The molecular formula is C5H5BrClN3. The maximum absolute atomic E-state index is 5.57. The van der Waals surface area contributed by atoms with Crippen LogP contribution in [0.5, 0.6) is 0 Å². The van der Waals surface area contributed by atoms with E-state index in [-0.39, 0.29) is 5.15 Å². The molecule has 3 nitrogen and oxygen atoms in total. The molecule has 0 radical (unpaired) electrons. The van der Waals surface area contributed by atoms with Gasteiger partial charge in [-0.15, -0.1) is 0 Å². The summed E-state index contributed by atoms with van der Waals surface area (Å²) in [6.45, 7) is 0. The largest absolute Gasteiger partial charge is 0.397 e. The van der Waals surface area contributed by atoms with E-state index in [1.54, 1.807) is 6.07 Å². The van der Waals surface area contributed by atoms with Gasteiger partial charge in [0.2, 0.25) is 0 Å². The number of hydrogen-bond donors (Lipinski definition) is 2. The van der Waals surface area contributed by atoms with Crippen LogP contribution in [0.4, 0.5) is 11.4 Å². The highest BCUT2D eigenvalue weighted by molar-refractivity contribution is 9.10. The number of pyridine rings is 1. The van der Waals surface area contributed by atoms with Gasteiger partial charge in [-0.2, -0.15) is 0 Å². The van der Waals surface area contributed by atoms with Crippen molar-refractivity contribution < 1.29 is 0 Å². The monoisotopic (exact) mass is 221 g/mol. The number of nitrogens with two attached hydrogens (primary N) is 2. The molecule has 0 amide bonds. The fourth-order valence-electron chi connectivity index (χ4n) is 0.511. The van der Waals surface area contributed by atoms with Crippen molar-refractivity contribution in [3.8, 4) is 0 Å². The van der Waals surface area contributed by atoms with Gasteiger partial charge in [-0.25, -0.2) is 4.98 Å². The molecule has 0 bridgehead atoms. The number of halogens is 2. The normalized spacial score (nSPS) is 9.80. The Morgan fingerprint density at radius 1 is 1.50 bits per heavy atom. The minimum atomic E-state index is 0.229. The predicted octanol–water partition coefficient (Wildman–Crippen LogP) is 1.66. The van der Waals surface area contributed by atoms with Crippen LogP contribution in [0, 0.1) is 0 Å². The molecule has 0 saturated carbocycles. The number of anilines is 2. The summed E-state index contributed by atoms with van der Waals surface area (Å²) in [7, 11) is 0. The third kappa shape index (κ3) is 1.33. The highest BCUT2D eigenvalue weighted by Crippen LogP contribution is 2.25. The molecule has 0 fully saturated rings. The van der Waals surface area contributed by atoms with Crippen LogP contribution in [0.25, 0.3) is 0 Å². The Balaban J connectivity index is 3.31. The Labute approximate surface area is 71.5 Å². The lowest BCUT2D eigenvalue weighted by Gasteiger charge is -2.00. The van der Waals surface area contributed by atoms with E-state index < -0.39 is 0 Å². The molecule has 1 heterocycles. The number of hydrogen-bond acceptors (Lipinski definition) is 3. The first-order valence-corrected chi connectivity index (χ1v) is 3.65. The van der Waals surface area contributed by atoms with Gasteiger partial charge in [0.05, 0.1) is 11.4 Å². The van der Waals surface area contributed by atoms with Crippen molar-refractivity contribution in [2.24, 2.45) is 0 Å². The van der Waals surface area contributed by atoms with Crippen molar-refractivity contribution >= 4 is 38.9 Å². The smallest absolute Gasteiger partial charge is 0.155 e. The molecule has 0 unspecified atom stereocenters. The number of nitrogens with zero attached hydrogens (tertiary/aromatic N) is 1. The lowest BCUT2D eigenvalue weighted by atomic mass is 10.4. The molecule has 1 aromatic rings. The summed E-state index contributed by atoms with van der Waals surface area (Å²) in [6, 6.07) is 1.60. The summed E-state index contributed by atoms with van der Waals surface area (Å²) < 4.78 is 0.587. The number of nitrogen functional groups attached to an aromatic ring is 2. The summed E-state index contributed by atoms with van der Waals surface area (Å²) in [5, 5.41) is 0.229. The standard InChI is InChI=1S/C5H5BrClN3/c6-3-1-2(8)4(9)5(7)10-3/h1H,9H2,(H2,8,10). The van der Waals surface area contributed by atoms with Crippen molar-refractivity contribution in [1.29, 1.82) is 0 Å². The summed E-state index contributed by atoms with van der Waals surface area (Å²) in [4.78, 5) is 3.81. The quantitative estimate of drug-likeness (QED) is 0.656. The van der Waals surface area contributed by atoms with Gasteiger partial charge in [-0.3, -0.25) is 0 Å². The van der Waals surface area contributed by atoms with Gasteiger partial charge in [0, 0.05) is 0 Å². The molecule has 1 aromatic heterocycles. The molecule has 1 rings (SSSR count). The van der Waals surface area contributed by atoms with Gasteiger partial charge >= 0.3 is 0 Å². The lowest BCUT2D eigenvalue weighted by Crippen LogP contribution is -1.96. The van der Waals surface area contributed by atoms with Crippen LogP contribution in [0.15, 0.2) is 10.7 Å². The van der Waals surface area contributed by atoms with Crippen molar-refractivity contribution in [3.05, 3.63) is 15.8 Å². The zero-order valence-electron chi connectivity index (χ0n) is 4.94. The molecule has 0 aliphatic rings. The van der Waals surface area contributed by atoms with Gasteiger partial charge < -0.3 is 11.5 Å². The molecule has 0 spiro atoms. The van der Waals surface area contributed by atoms with Gasteiger partial charge in [0.1, 0.15) is 4.60 Å². The van der Waals surface area contributed by atoms with E-state index in [9.17, 15) is 0 Å². The molecule has 4 N–H and O–H groups in total. The summed E-state index contributed by atoms with van der Waals surface area (Å²) in [5.74, 6) is 0. The summed E-state index contributed by atoms with van der Waals surface area (Å²) in [5.41, 5.74) is 11.6. The second-order valence-electron chi connectivity index (χ2n) is 1.74. The SMILES string of the molecule is Nc1cc(Br)nc(Cl)c1N. The fourth-order valence-corrected chi connectivity index (χ4v) is 1.24. The van der Waals surface area contributed by atoms with Gasteiger partial charge in [-0.1, -0.05) is 11.6 Å². The molecule has 0 aromatic carbocycles. The average molecular weight is 222 g/mol. The molecule has 0 aliphatic carbocycles. The van der Waals surface area contributed by atoms with E-state index in [2.05, 4.69) is 20.9 Å². The topological polar surface area (TPSA) is 64.9 Å². The summed E-state index contributed by atoms with van der Waals surface area (Å²) in [6.07, 6.45) is 0. The first-order valence-electron chi connectivity index (χ1n) is 2.48. The predicted molar refractivity (Wildman–Crippen MR) is 45.8 cm³/mol. The second kappa shape index (κ2) is 2.64. The van der Waals surface area contributed by atoms with Crippen molar-refractivity contribution in [2.45, 2.75) is 0 Å². The van der Waals surface area contributed by atoms with E-state index in [0.717, 1.165) is 0 Å². The van der Waals surface area contributed by atoms with Crippen molar-refractivity contribution in [1.82, 2.24) is 4.98 Å². The zero-order valence-corrected chi connectivity index (χ0v) is 7.28. The minimum Gasteiger partial charge on any atom is -0.397 e. The lowest BCUT2D eigenvalue weighted by molar-refractivity contribution is 1.28. The van der Waals surface area contributed by atoms with E-state index in [0.29, 0.717) is 16.0 Å². The first-order chi connectivity index (χ1) is 4.61. The Morgan fingerprint density at radius 3 is 2.60 bits per heavy atom.